The van der Waals surface area contributed by atoms with Crippen LogP contribution >= 0.6 is 0 Å². The second-order valence-electron chi connectivity index (χ2n) is 8.06. The van der Waals surface area contributed by atoms with Crippen LogP contribution in [0.1, 0.15) is 23.5 Å². The van der Waals surface area contributed by atoms with Gasteiger partial charge in [-0.3, -0.25) is 0 Å². The van der Waals surface area contributed by atoms with Gasteiger partial charge in [0.2, 0.25) is 5.88 Å². The van der Waals surface area contributed by atoms with E-state index in [2.05, 4.69) is 17.1 Å². The molecule has 1 aromatic carbocycles. The summed E-state index contributed by atoms with van der Waals surface area (Å²) in [6, 6.07) is 13.8. The maximum atomic E-state index is 13.4. The van der Waals surface area contributed by atoms with Crippen molar-refractivity contribution < 1.29 is 17.9 Å². The minimum Gasteiger partial charge on any atom is -0.477 e. The monoisotopic (exact) mass is 446 g/mol. The summed E-state index contributed by atoms with van der Waals surface area (Å²) < 4.78 is 41.2. The van der Waals surface area contributed by atoms with Gasteiger partial charge in [0.15, 0.2) is 0 Å². The van der Waals surface area contributed by atoms with E-state index in [1.54, 1.807) is 10.5 Å². The number of piperidine rings is 1. The highest BCUT2D eigenvalue weighted by atomic mass is 32.2. The van der Waals surface area contributed by atoms with E-state index in [-0.39, 0.29) is 11.8 Å². The number of morpholine rings is 1. The molecular weight excluding hydrogens is 416 g/mol. The lowest BCUT2D eigenvalue weighted by molar-refractivity contribution is 0.0678. The van der Waals surface area contributed by atoms with Crippen LogP contribution in [0, 0.1) is 5.92 Å². The molecule has 0 radical (unpaired) electrons. The number of ether oxygens (including phenoxy) is 2. The van der Waals surface area contributed by atoms with E-state index in [0.717, 1.165) is 17.5 Å². The zero-order chi connectivity index (χ0) is 21.7. The zero-order valence-electron chi connectivity index (χ0n) is 17.6. The Labute approximate surface area is 184 Å². The zero-order valence-corrected chi connectivity index (χ0v) is 18.4. The number of benzene rings is 1. The molecule has 0 saturated carbocycles. The van der Waals surface area contributed by atoms with Crippen LogP contribution in [0.15, 0.2) is 48.7 Å². The first-order valence-corrected chi connectivity index (χ1v) is 12.1. The summed E-state index contributed by atoms with van der Waals surface area (Å²) >= 11 is 0. The van der Waals surface area contributed by atoms with E-state index in [1.165, 1.54) is 4.31 Å². The van der Waals surface area contributed by atoms with Crippen LogP contribution in [0.5, 0.6) is 5.88 Å². The smallest absolute Gasteiger partial charge is 0.282 e. The summed E-state index contributed by atoms with van der Waals surface area (Å²) in [5.74, 6) is 0.688. The molecule has 1 aromatic heterocycles. The molecule has 0 aliphatic carbocycles. The van der Waals surface area contributed by atoms with Crippen molar-refractivity contribution in [1.29, 1.82) is 0 Å². The summed E-state index contributed by atoms with van der Waals surface area (Å²) in [4.78, 5) is 4.26. The molecule has 9 heteroatoms. The molecule has 2 aliphatic heterocycles. The Kier molecular flexibility index (Phi) is 7.19. The SMILES string of the molecule is NCc1ccnc(OC[C@H]2C[C@H](c3ccccc3)CN(S(=O)(=O)N3CCOCC3)C2)c1. The molecule has 0 unspecified atom stereocenters. The van der Waals surface area contributed by atoms with Gasteiger partial charge in [-0.05, 0) is 29.5 Å². The maximum absolute atomic E-state index is 13.4. The molecule has 168 valence electrons. The molecule has 4 rings (SSSR count). The largest absolute Gasteiger partial charge is 0.477 e. The number of hydrogen-bond donors (Lipinski definition) is 1. The summed E-state index contributed by atoms with van der Waals surface area (Å²) in [5, 5.41) is 0. The lowest BCUT2D eigenvalue weighted by Crippen LogP contribution is -2.53. The van der Waals surface area contributed by atoms with E-state index in [1.807, 2.05) is 30.3 Å². The van der Waals surface area contributed by atoms with Crippen molar-refractivity contribution in [2.24, 2.45) is 11.7 Å². The average Bonchev–Trinajstić information content (AvgIpc) is 2.84. The minimum absolute atomic E-state index is 0.0538. The lowest BCUT2D eigenvalue weighted by atomic mass is 9.86. The number of aromatic nitrogens is 1. The van der Waals surface area contributed by atoms with Crippen molar-refractivity contribution in [2.75, 3.05) is 46.0 Å². The van der Waals surface area contributed by atoms with Crippen molar-refractivity contribution in [3.05, 3.63) is 59.8 Å². The molecule has 2 aromatic rings. The van der Waals surface area contributed by atoms with Crippen LogP contribution in [-0.2, 0) is 21.5 Å². The average molecular weight is 447 g/mol. The van der Waals surface area contributed by atoms with E-state index in [0.29, 0.717) is 58.4 Å². The third kappa shape index (κ3) is 5.42. The van der Waals surface area contributed by atoms with Gasteiger partial charge in [0.25, 0.3) is 10.2 Å². The molecule has 0 spiro atoms. The molecule has 3 heterocycles. The van der Waals surface area contributed by atoms with Gasteiger partial charge in [0, 0.05) is 50.9 Å². The summed E-state index contributed by atoms with van der Waals surface area (Å²) in [7, 11) is -3.55. The molecule has 0 amide bonds. The highest BCUT2D eigenvalue weighted by molar-refractivity contribution is 7.86. The first kappa shape index (κ1) is 22.2. The van der Waals surface area contributed by atoms with Gasteiger partial charge in [0.1, 0.15) is 0 Å². The van der Waals surface area contributed by atoms with E-state index in [4.69, 9.17) is 15.2 Å². The van der Waals surface area contributed by atoms with Crippen molar-refractivity contribution in [3.8, 4) is 5.88 Å². The molecule has 31 heavy (non-hydrogen) atoms. The number of nitrogens with two attached hydrogens (primary N) is 1. The molecule has 2 aliphatic rings. The molecule has 2 N–H and O–H groups in total. The first-order chi connectivity index (χ1) is 15.1. The fraction of sp³-hybridized carbons (Fsp3) is 0.500. The minimum atomic E-state index is -3.55. The number of hydrogen-bond acceptors (Lipinski definition) is 6. The lowest BCUT2D eigenvalue weighted by Gasteiger charge is -2.40. The van der Waals surface area contributed by atoms with Crippen LogP contribution < -0.4 is 10.5 Å². The van der Waals surface area contributed by atoms with Crippen molar-refractivity contribution >= 4 is 10.2 Å². The normalized spacial score (nSPS) is 23.5. The highest BCUT2D eigenvalue weighted by Crippen LogP contribution is 2.33. The second-order valence-corrected chi connectivity index (χ2v) is 9.99. The van der Waals surface area contributed by atoms with Gasteiger partial charge in [-0.2, -0.15) is 17.0 Å². The van der Waals surface area contributed by atoms with Crippen molar-refractivity contribution in [3.63, 3.8) is 0 Å². The second kappa shape index (κ2) is 10.1. The Hall–Kier alpha value is -2.04. The Morgan fingerprint density at radius 3 is 2.61 bits per heavy atom. The molecular formula is C22H30N4O4S. The standard InChI is InChI=1S/C22H30N4O4S/c23-14-18-6-7-24-22(13-18)30-17-19-12-21(20-4-2-1-3-5-20)16-26(15-19)31(27,28)25-8-10-29-11-9-25/h1-7,13,19,21H,8-12,14-17,23H2/t19-,21-/m0/s1. The topological polar surface area (TPSA) is 98.0 Å². The predicted octanol–water partition coefficient (Wildman–Crippen LogP) is 1.60. The predicted molar refractivity (Wildman–Crippen MR) is 118 cm³/mol. The maximum Gasteiger partial charge on any atom is 0.282 e. The third-order valence-electron chi connectivity index (χ3n) is 5.90. The molecule has 2 atom stereocenters. The summed E-state index contributed by atoms with van der Waals surface area (Å²) in [5.41, 5.74) is 7.81. The third-order valence-corrected chi connectivity index (χ3v) is 7.87. The van der Waals surface area contributed by atoms with Gasteiger partial charge in [-0.1, -0.05) is 30.3 Å². The molecule has 8 nitrogen and oxygen atoms in total. The Bertz CT molecular complexity index is 951. The quantitative estimate of drug-likeness (QED) is 0.694. The van der Waals surface area contributed by atoms with Crippen LogP contribution in [-0.4, -0.2) is 68.0 Å². The molecule has 0 bridgehead atoms. The Morgan fingerprint density at radius 1 is 1.10 bits per heavy atom. The van der Waals surface area contributed by atoms with Gasteiger partial charge in [-0.25, -0.2) is 4.98 Å². The van der Waals surface area contributed by atoms with E-state index < -0.39 is 10.2 Å². The van der Waals surface area contributed by atoms with Gasteiger partial charge >= 0.3 is 0 Å². The van der Waals surface area contributed by atoms with Crippen LogP contribution in [0.25, 0.3) is 0 Å². The molecule has 2 saturated heterocycles. The number of nitrogens with zero attached hydrogens (tertiary/aromatic N) is 3. The van der Waals surface area contributed by atoms with Crippen molar-refractivity contribution in [2.45, 2.75) is 18.9 Å². The van der Waals surface area contributed by atoms with Crippen LogP contribution in [0.4, 0.5) is 0 Å². The number of rotatable bonds is 7. The van der Waals surface area contributed by atoms with Crippen LogP contribution in [0.3, 0.4) is 0 Å². The fourth-order valence-corrected chi connectivity index (χ4v) is 5.94. The van der Waals surface area contributed by atoms with Gasteiger partial charge in [0.05, 0.1) is 19.8 Å². The first-order valence-electron chi connectivity index (χ1n) is 10.7. The van der Waals surface area contributed by atoms with Gasteiger partial charge in [-0.15, -0.1) is 0 Å². The summed E-state index contributed by atoms with van der Waals surface area (Å²) in [6.45, 7) is 3.39. The van der Waals surface area contributed by atoms with E-state index in [9.17, 15) is 8.42 Å². The highest BCUT2D eigenvalue weighted by Gasteiger charge is 2.38. The molecule has 2 fully saturated rings. The Morgan fingerprint density at radius 2 is 1.87 bits per heavy atom. The Balaban J connectivity index is 1.51. The number of pyridine rings is 1. The van der Waals surface area contributed by atoms with Crippen LogP contribution in [0.2, 0.25) is 0 Å². The van der Waals surface area contributed by atoms with Crippen molar-refractivity contribution in [1.82, 2.24) is 13.6 Å². The van der Waals surface area contributed by atoms with E-state index >= 15 is 0 Å². The van der Waals surface area contributed by atoms with Gasteiger partial charge < -0.3 is 15.2 Å². The summed E-state index contributed by atoms with van der Waals surface area (Å²) in [6.07, 6.45) is 2.54. The fourth-order valence-electron chi connectivity index (χ4n) is 4.24.